The van der Waals surface area contributed by atoms with Crippen LogP contribution in [0, 0.1) is 5.92 Å². The fourth-order valence-electron chi connectivity index (χ4n) is 2.90. The maximum atomic E-state index is 2.50. The molecule has 1 aliphatic carbocycles. The minimum absolute atomic E-state index is 0.702. The van der Waals surface area contributed by atoms with Crippen LogP contribution in [0.2, 0.25) is 5.31 Å². The molecular formula is C11H23B. The molecular weight excluding hydrogens is 143 g/mol. The van der Waals surface area contributed by atoms with E-state index in [1.807, 2.05) is 0 Å². The van der Waals surface area contributed by atoms with E-state index in [9.17, 15) is 0 Å². The molecule has 0 nitrogen and oxygen atoms in total. The summed E-state index contributed by atoms with van der Waals surface area (Å²) in [6, 6.07) is 0. The fourth-order valence-corrected chi connectivity index (χ4v) is 2.90. The zero-order valence-corrected chi connectivity index (χ0v) is 9.03. The lowest BCUT2D eigenvalue weighted by molar-refractivity contribution is 0.263. The molecule has 0 heterocycles. The zero-order valence-electron chi connectivity index (χ0n) is 9.03. The Kier molecular flexibility index (Phi) is 3.67. The molecule has 0 N–H and O–H groups in total. The molecule has 70 valence electrons. The maximum absolute atomic E-state index is 2.50. The predicted molar refractivity (Wildman–Crippen MR) is 58.4 cm³/mol. The van der Waals surface area contributed by atoms with E-state index in [4.69, 9.17) is 0 Å². The Hall–Kier alpha value is 0.0649. The molecule has 1 aliphatic rings. The average molecular weight is 166 g/mol. The highest BCUT2D eigenvalue weighted by molar-refractivity contribution is 6.15. The SMILES string of the molecule is B[C@@]1(CCC)CCCC(CC)C1. The van der Waals surface area contributed by atoms with E-state index in [2.05, 4.69) is 21.7 Å². The van der Waals surface area contributed by atoms with Crippen LogP contribution in [0.15, 0.2) is 0 Å². The van der Waals surface area contributed by atoms with Crippen molar-refractivity contribution < 1.29 is 0 Å². The fraction of sp³-hybridized carbons (Fsp3) is 1.00. The van der Waals surface area contributed by atoms with Gasteiger partial charge in [-0.25, -0.2) is 0 Å². The van der Waals surface area contributed by atoms with Crippen LogP contribution < -0.4 is 0 Å². The van der Waals surface area contributed by atoms with Crippen molar-refractivity contribution in [2.45, 2.75) is 64.1 Å². The molecule has 2 atom stereocenters. The molecule has 1 rings (SSSR count). The first-order chi connectivity index (χ1) is 5.70. The van der Waals surface area contributed by atoms with E-state index in [0.29, 0.717) is 5.31 Å². The molecule has 0 radical (unpaired) electrons. The topological polar surface area (TPSA) is 0 Å². The van der Waals surface area contributed by atoms with Gasteiger partial charge in [0.15, 0.2) is 0 Å². The lowest BCUT2D eigenvalue weighted by Crippen LogP contribution is -2.22. The molecule has 0 bridgehead atoms. The molecule has 0 aliphatic heterocycles. The van der Waals surface area contributed by atoms with Gasteiger partial charge < -0.3 is 0 Å². The van der Waals surface area contributed by atoms with Gasteiger partial charge in [-0.2, -0.15) is 0 Å². The summed E-state index contributed by atoms with van der Waals surface area (Å²) in [6.07, 6.45) is 10.2. The first-order valence-electron chi connectivity index (χ1n) is 5.70. The van der Waals surface area contributed by atoms with Crippen molar-refractivity contribution in [3.8, 4) is 0 Å². The van der Waals surface area contributed by atoms with Crippen LogP contribution in [0.1, 0.15) is 58.8 Å². The smallest absolute Gasteiger partial charge is 0.0654 e. The molecule has 1 saturated carbocycles. The first kappa shape index (κ1) is 10.1. The third-order valence-electron chi connectivity index (χ3n) is 3.61. The summed E-state index contributed by atoms with van der Waals surface area (Å²) in [4.78, 5) is 0. The van der Waals surface area contributed by atoms with Crippen molar-refractivity contribution in [1.29, 1.82) is 0 Å². The standard InChI is InChI=1S/C11H23B/c1-3-7-11(12)8-5-6-10(4-2)9-11/h10H,3-9,12H2,1-2H3/t10?,11-/m0/s1. The van der Waals surface area contributed by atoms with Crippen molar-refractivity contribution in [1.82, 2.24) is 0 Å². The Bertz CT molecular complexity index is 129. The van der Waals surface area contributed by atoms with Crippen LogP contribution in [0.25, 0.3) is 0 Å². The molecule has 0 aromatic rings. The number of hydrogen-bond donors (Lipinski definition) is 0. The highest BCUT2D eigenvalue weighted by Crippen LogP contribution is 2.46. The van der Waals surface area contributed by atoms with Gasteiger partial charge in [-0.3, -0.25) is 0 Å². The Morgan fingerprint density at radius 1 is 1.42 bits per heavy atom. The molecule has 0 spiro atoms. The Morgan fingerprint density at radius 2 is 2.17 bits per heavy atom. The Morgan fingerprint density at radius 3 is 2.75 bits per heavy atom. The summed E-state index contributed by atoms with van der Waals surface area (Å²) >= 11 is 0. The highest BCUT2D eigenvalue weighted by Gasteiger charge is 2.30. The van der Waals surface area contributed by atoms with Crippen molar-refractivity contribution in [2.24, 2.45) is 5.92 Å². The first-order valence-corrected chi connectivity index (χ1v) is 5.70. The maximum Gasteiger partial charge on any atom is 0.109 e. The van der Waals surface area contributed by atoms with Gasteiger partial charge in [-0.1, -0.05) is 64.1 Å². The van der Waals surface area contributed by atoms with E-state index in [1.54, 1.807) is 0 Å². The van der Waals surface area contributed by atoms with Crippen molar-refractivity contribution in [3.63, 3.8) is 0 Å². The van der Waals surface area contributed by atoms with Crippen LogP contribution in [0.5, 0.6) is 0 Å². The second-order valence-corrected chi connectivity index (χ2v) is 4.93. The van der Waals surface area contributed by atoms with Gasteiger partial charge in [0, 0.05) is 0 Å². The van der Waals surface area contributed by atoms with Gasteiger partial charge >= 0.3 is 0 Å². The Labute approximate surface area is 78.5 Å². The van der Waals surface area contributed by atoms with Crippen molar-refractivity contribution in [3.05, 3.63) is 0 Å². The van der Waals surface area contributed by atoms with Crippen molar-refractivity contribution >= 4 is 7.85 Å². The summed E-state index contributed by atoms with van der Waals surface area (Å²) in [6.45, 7) is 4.67. The van der Waals surface area contributed by atoms with Gasteiger partial charge in [0.25, 0.3) is 0 Å². The van der Waals surface area contributed by atoms with E-state index in [0.717, 1.165) is 5.92 Å². The highest BCUT2D eigenvalue weighted by atomic mass is 14.3. The average Bonchev–Trinajstić information content (AvgIpc) is 2.04. The van der Waals surface area contributed by atoms with E-state index >= 15 is 0 Å². The largest absolute Gasteiger partial charge is 0.109 e. The molecule has 1 unspecified atom stereocenters. The Balaban J connectivity index is 2.43. The molecule has 1 fully saturated rings. The number of rotatable bonds is 3. The zero-order chi connectivity index (χ0) is 9.03. The molecule has 0 saturated heterocycles. The molecule has 1 heteroatoms. The monoisotopic (exact) mass is 166 g/mol. The van der Waals surface area contributed by atoms with Crippen LogP contribution in [-0.2, 0) is 0 Å². The van der Waals surface area contributed by atoms with Gasteiger partial charge in [0.1, 0.15) is 7.85 Å². The van der Waals surface area contributed by atoms with E-state index in [1.165, 1.54) is 44.9 Å². The summed E-state index contributed by atoms with van der Waals surface area (Å²) in [5.41, 5.74) is 0. The van der Waals surface area contributed by atoms with Gasteiger partial charge in [-0.15, -0.1) is 0 Å². The van der Waals surface area contributed by atoms with Crippen molar-refractivity contribution in [2.75, 3.05) is 0 Å². The third-order valence-corrected chi connectivity index (χ3v) is 3.61. The second kappa shape index (κ2) is 4.34. The molecule has 12 heavy (non-hydrogen) atoms. The van der Waals surface area contributed by atoms with E-state index in [-0.39, 0.29) is 0 Å². The normalized spacial score (nSPS) is 36.7. The molecule has 0 aromatic carbocycles. The minimum atomic E-state index is 0.702. The van der Waals surface area contributed by atoms with Gasteiger partial charge in [-0.05, 0) is 5.92 Å². The summed E-state index contributed by atoms with van der Waals surface area (Å²) in [7, 11) is 2.50. The van der Waals surface area contributed by atoms with Crippen LogP contribution >= 0.6 is 0 Å². The van der Waals surface area contributed by atoms with E-state index < -0.39 is 0 Å². The quantitative estimate of drug-likeness (QED) is 0.565. The van der Waals surface area contributed by atoms with Gasteiger partial charge in [0.05, 0.1) is 0 Å². The van der Waals surface area contributed by atoms with Crippen LogP contribution in [0.4, 0.5) is 0 Å². The van der Waals surface area contributed by atoms with Crippen LogP contribution in [0.3, 0.4) is 0 Å². The lowest BCUT2D eigenvalue weighted by Gasteiger charge is -2.38. The second-order valence-electron chi connectivity index (χ2n) is 4.93. The predicted octanol–water partition coefficient (Wildman–Crippen LogP) is 3.18. The minimum Gasteiger partial charge on any atom is -0.0654 e. The molecule has 0 aromatic heterocycles. The third kappa shape index (κ3) is 2.53. The summed E-state index contributed by atoms with van der Waals surface area (Å²) < 4.78 is 0. The van der Waals surface area contributed by atoms with Crippen LogP contribution in [-0.4, -0.2) is 7.85 Å². The molecule has 0 amide bonds. The number of hydrogen-bond acceptors (Lipinski definition) is 0. The van der Waals surface area contributed by atoms with Gasteiger partial charge in [0.2, 0.25) is 0 Å². The summed E-state index contributed by atoms with van der Waals surface area (Å²) in [5, 5.41) is 0.702. The summed E-state index contributed by atoms with van der Waals surface area (Å²) in [5.74, 6) is 1.04. The lowest BCUT2D eigenvalue weighted by atomic mass is 9.55.